The lowest BCUT2D eigenvalue weighted by atomic mass is 10.0. The number of rotatable bonds is 9. The summed E-state index contributed by atoms with van der Waals surface area (Å²) >= 11 is 0. The lowest BCUT2D eigenvalue weighted by Crippen LogP contribution is -2.46. The first-order chi connectivity index (χ1) is 10.5. The monoisotopic (exact) mass is 306 g/mol. The second-order valence-electron chi connectivity index (χ2n) is 5.70. The van der Waals surface area contributed by atoms with E-state index in [0.717, 1.165) is 18.8 Å². The van der Waals surface area contributed by atoms with Crippen molar-refractivity contribution in [1.29, 1.82) is 0 Å². The first kappa shape index (κ1) is 18.5. The molecule has 0 unspecified atom stereocenters. The minimum absolute atomic E-state index is 0.0270. The van der Waals surface area contributed by atoms with Gasteiger partial charge in [-0.3, -0.25) is 9.69 Å². The molecule has 0 bridgehead atoms. The number of amides is 1. The molecule has 1 aromatic rings. The van der Waals surface area contributed by atoms with E-state index < -0.39 is 0 Å². The Hall–Kier alpha value is -1.55. The molecule has 0 aliphatic rings. The Kier molecular flexibility index (Phi) is 7.96. The van der Waals surface area contributed by atoms with Crippen LogP contribution in [0.4, 0.5) is 0 Å². The molecule has 1 amide bonds. The molecule has 0 fully saturated rings. The summed E-state index contributed by atoms with van der Waals surface area (Å²) in [5.41, 5.74) is 0.672. The van der Waals surface area contributed by atoms with Gasteiger partial charge in [0.1, 0.15) is 5.75 Å². The van der Waals surface area contributed by atoms with E-state index in [4.69, 9.17) is 4.74 Å². The maximum Gasteiger partial charge on any atom is 0.251 e. The highest BCUT2D eigenvalue weighted by atomic mass is 16.5. The molecule has 0 radical (unpaired) electrons. The minimum atomic E-state index is -0.0270. The Morgan fingerprint density at radius 1 is 1.14 bits per heavy atom. The van der Waals surface area contributed by atoms with Crippen molar-refractivity contribution < 1.29 is 9.53 Å². The van der Waals surface area contributed by atoms with Crippen molar-refractivity contribution in [2.75, 3.05) is 26.2 Å². The Morgan fingerprint density at radius 3 is 2.18 bits per heavy atom. The van der Waals surface area contributed by atoms with Crippen LogP contribution >= 0.6 is 0 Å². The van der Waals surface area contributed by atoms with Crippen LogP contribution in [0.1, 0.15) is 45.0 Å². The molecule has 0 heterocycles. The topological polar surface area (TPSA) is 41.6 Å². The van der Waals surface area contributed by atoms with Gasteiger partial charge in [0.25, 0.3) is 5.91 Å². The molecule has 1 aromatic carbocycles. The molecule has 4 heteroatoms. The number of likely N-dealkylation sites (N-methyl/N-ethyl adjacent to an activating group) is 1. The Morgan fingerprint density at radius 2 is 1.73 bits per heavy atom. The van der Waals surface area contributed by atoms with E-state index >= 15 is 0 Å². The van der Waals surface area contributed by atoms with E-state index in [1.54, 1.807) is 0 Å². The van der Waals surface area contributed by atoms with Crippen LogP contribution in [0.5, 0.6) is 5.75 Å². The first-order valence-electron chi connectivity index (χ1n) is 8.28. The first-order valence-corrected chi connectivity index (χ1v) is 8.28. The highest BCUT2D eigenvalue weighted by Gasteiger charge is 2.20. The van der Waals surface area contributed by atoms with Crippen molar-refractivity contribution in [2.24, 2.45) is 5.92 Å². The molecule has 0 aliphatic carbocycles. The van der Waals surface area contributed by atoms with Crippen molar-refractivity contribution in [1.82, 2.24) is 10.2 Å². The smallest absolute Gasteiger partial charge is 0.251 e. The SMILES string of the molecule is CCOc1ccc(C(=O)NC[C@@H](C(C)C)N(CC)CC)cc1. The molecule has 22 heavy (non-hydrogen) atoms. The number of nitrogens with one attached hydrogen (secondary N) is 1. The van der Waals surface area contributed by atoms with Crippen LogP contribution in [0, 0.1) is 5.92 Å². The number of benzene rings is 1. The average molecular weight is 306 g/mol. The second kappa shape index (κ2) is 9.46. The zero-order valence-electron chi connectivity index (χ0n) is 14.6. The predicted molar refractivity (Wildman–Crippen MR) is 91.5 cm³/mol. The van der Waals surface area contributed by atoms with E-state index in [1.165, 1.54) is 0 Å². The second-order valence-corrected chi connectivity index (χ2v) is 5.70. The number of carbonyl (C=O) groups excluding carboxylic acids is 1. The summed E-state index contributed by atoms with van der Waals surface area (Å²) in [4.78, 5) is 14.7. The summed E-state index contributed by atoms with van der Waals surface area (Å²) in [5.74, 6) is 1.27. The molecule has 1 rings (SSSR count). The van der Waals surface area contributed by atoms with Gasteiger partial charge in [0.15, 0.2) is 0 Å². The highest BCUT2D eigenvalue weighted by Crippen LogP contribution is 2.13. The molecule has 124 valence electrons. The molecule has 1 atom stereocenters. The van der Waals surface area contributed by atoms with Gasteiger partial charge in [-0.25, -0.2) is 0 Å². The summed E-state index contributed by atoms with van der Waals surface area (Å²) in [6, 6.07) is 7.65. The number of hydrogen-bond acceptors (Lipinski definition) is 3. The Bertz CT molecular complexity index is 439. The molecule has 0 aliphatic heterocycles. The van der Waals surface area contributed by atoms with Gasteiger partial charge in [-0.05, 0) is 50.2 Å². The van der Waals surface area contributed by atoms with E-state index in [2.05, 4.69) is 37.9 Å². The minimum Gasteiger partial charge on any atom is -0.494 e. The summed E-state index contributed by atoms with van der Waals surface area (Å²) in [6.45, 7) is 14.0. The zero-order chi connectivity index (χ0) is 16.5. The van der Waals surface area contributed by atoms with Crippen LogP contribution in [-0.4, -0.2) is 43.1 Å². The van der Waals surface area contributed by atoms with E-state index in [0.29, 0.717) is 30.7 Å². The zero-order valence-corrected chi connectivity index (χ0v) is 14.6. The van der Waals surface area contributed by atoms with E-state index in [9.17, 15) is 4.79 Å². The maximum absolute atomic E-state index is 12.3. The molecule has 0 aromatic heterocycles. The van der Waals surface area contributed by atoms with Crippen molar-refractivity contribution in [3.05, 3.63) is 29.8 Å². The molecular weight excluding hydrogens is 276 g/mol. The van der Waals surface area contributed by atoms with Crippen LogP contribution < -0.4 is 10.1 Å². The van der Waals surface area contributed by atoms with Crippen LogP contribution in [0.2, 0.25) is 0 Å². The third-order valence-corrected chi connectivity index (χ3v) is 3.95. The average Bonchev–Trinajstić information content (AvgIpc) is 2.51. The number of ether oxygens (including phenoxy) is 1. The maximum atomic E-state index is 12.3. The lowest BCUT2D eigenvalue weighted by Gasteiger charge is -2.32. The Labute approximate surface area is 134 Å². The molecule has 0 spiro atoms. The van der Waals surface area contributed by atoms with Crippen molar-refractivity contribution in [3.63, 3.8) is 0 Å². The lowest BCUT2D eigenvalue weighted by molar-refractivity contribution is 0.0921. The van der Waals surface area contributed by atoms with Crippen molar-refractivity contribution in [3.8, 4) is 5.75 Å². The molecule has 0 saturated carbocycles. The fourth-order valence-corrected chi connectivity index (χ4v) is 2.65. The van der Waals surface area contributed by atoms with Gasteiger partial charge >= 0.3 is 0 Å². The molecule has 1 N–H and O–H groups in total. The fraction of sp³-hybridized carbons (Fsp3) is 0.611. The third kappa shape index (κ3) is 5.34. The van der Waals surface area contributed by atoms with Crippen LogP contribution in [0.3, 0.4) is 0 Å². The van der Waals surface area contributed by atoms with Gasteiger partial charge in [-0.2, -0.15) is 0 Å². The van der Waals surface area contributed by atoms with Gasteiger partial charge in [0, 0.05) is 18.2 Å². The normalized spacial score (nSPS) is 12.5. The van der Waals surface area contributed by atoms with Crippen LogP contribution in [-0.2, 0) is 0 Å². The highest BCUT2D eigenvalue weighted by molar-refractivity contribution is 5.94. The van der Waals surface area contributed by atoms with Crippen LogP contribution in [0.25, 0.3) is 0 Å². The molecule has 0 saturated heterocycles. The quantitative estimate of drug-likeness (QED) is 0.762. The summed E-state index contributed by atoms with van der Waals surface area (Å²) < 4.78 is 5.39. The summed E-state index contributed by atoms with van der Waals surface area (Å²) in [7, 11) is 0. The number of nitrogens with zero attached hydrogens (tertiary/aromatic N) is 1. The van der Waals surface area contributed by atoms with Gasteiger partial charge < -0.3 is 10.1 Å². The van der Waals surface area contributed by atoms with Crippen molar-refractivity contribution in [2.45, 2.75) is 40.7 Å². The number of hydrogen-bond donors (Lipinski definition) is 1. The van der Waals surface area contributed by atoms with Crippen LogP contribution in [0.15, 0.2) is 24.3 Å². The number of carbonyl (C=O) groups is 1. The van der Waals surface area contributed by atoms with E-state index in [-0.39, 0.29) is 5.91 Å². The van der Waals surface area contributed by atoms with Gasteiger partial charge in [0.2, 0.25) is 0 Å². The molecule has 4 nitrogen and oxygen atoms in total. The standard InChI is InChI=1S/C18H30N2O2/c1-6-20(7-2)17(14(4)5)13-19-18(21)15-9-11-16(12-10-15)22-8-3/h9-12,14,17H,6-8,13H2,1-5H3,(H,19,21)/t17-/m0/s1. The van der Waals surface area contributed by atoms with Crippen molar-refractivity contribution >= 4 is 5.91 Å². The third-order valence-electron chi connectivity index (χ3n) is 3.95. The summed E-state index contributed by atoms with van der Waals surface area (Å²) in [6.07, 6.45) is 0. The Balaban J connectivity index is 2.63. The predicted octanol–water partition coefficient (Wildman–Crippen LogP) is 3.18. The van der Waals surface area contributed by atoms with Gasteiger partial charge in [-0.15, -0.1) is 0 Å². The fourth-order valence-electron chi connectivity index (χ4n) is 2.65. The van der Waals surface area contributed by atoms with E-state index in [1.807, 2.05) is 31.2 Å². The molecular formula is C18H30N2O2. The van der Waals surface area contributed by atoms with Gasteiger partial charge in [0.05, 0.1) is 6.61 Å². The largest absolute Gasteiger partial charge is 0.494 e. The summed E-state index contributed by atoms with van der Waals surface area (Å²) in [5, 5.41) is 3.06. The van der Waals surface area contributed by atoms with Gasteiger partial charge in [-0.1, -0.05) is 27.7 Å².